The second kappa shape index (κ2) is 7.84. The number of halogens is 1. The van der Waals surface area contributed by atoms with Crippen LogP contribution in [-0.2, 0) is 0 Å². The predicted octanol–water partition coefficient (Wildman–Crippen LogP) is 4.91. The second-order valence-electron chi connectivity index (χ2n) is 4.82. The lowest BCUT2D eigenvalue weighted by Gasteiger charge is -2.08. The molecule has 21 heavy (non-hydrogen) atoms. The molecule has 2 aromatic carbocycles. The zero-order valence-corrected chi connectivity index (χ0v) is 13.6. The Morgan fingerprint density at radius 2 is 1.81 bits per heavy atom. The van der Waals surface area contributed by atoms with E-state index in [0.29, 0.717) is 5.56 Å². The van der Waals surface area contributed by atoms with Gasteiger partial charge in [-0.1, -0.05) is 35.3 Å². The summed E-state index contributed by atoms with van der Waals surface area (Å²) in [4.78, 5) is 12.1. The highest BCUT2D eigenvalue weighted by Crippen LogP contribution is 2.16. The molecule has 0 aliphatic heterocycles. The van der Waals surface area contributed by atoms with Gasteiger partial charge in [0.2, 0.25) is 0 Å². The van der Waals surface area contributed by atoms with Crippen LogP contribution in [0, 0.1) is 0 Å². The molecule has 110 valence electrons. The number of unbranched alkanes of at least 4 members (excludes halogenated alkanes) is 1. The minimum atomic E-state index is -0.108. The molecule has 2 rings (SSSR count). The third kappa shape index (κ3) is 4.90. The number of benzene rings is 2. The highest BCUT2D eigenvalue weighted by Gasteiger charge is 2.06. The van der Waals surface area contributed by atoms with Crippen LogP contribution in [-0.4, -0.2) is 12.5 Å². The Balaban J connectivity index is 1.95. The Morgan fingerprint density at radius 3 is 2.48 bits per heavy atom. The molecule has 0 atom stereocenters. The van der Waals surface area contributed by atoms with Gasteiger partial charge in [0.05, 0.1) is 0 Å². The minimum absolute atomic E-state index is 0.108. The Bertz CT molecular complexity index is 596. The standard InChI is InChI=1S/C17H19BrN2O/c1-2-3-11-19-15-7-9-16(10-8-15)20-17(21)13-5-4-6-14(18)12-13/h4-10,12,19H,2-3,11H2,1H3,(H,20,21). The van der Waals surface area contributed by atoms with Crippen molar-refractivity contribution in [3.8, 4) is 0 Å². The number of anilines is 2. The lowest BCUT2D eigenvalue weighted by atomic mass is 10.2. The zero-order valence-electron chi connectivity index (χ0n) is 12.0. The number of carbonyl (C=O) groups is 1. The van der Waals surface area contributed by atoms with Crippen molar-refractivity contribution in [2.75, 3.05) is 17.2 Å². The molecule has 1 amide bonds. The molecule has 0 spiro atoms. The fourth-order valence-electron chi connectivity index (χ4n) is 1.91. The summed E-state index contributed by atoms with van der Waals surface area (Å²) in [5.74, 6) is -0.108. The fraction of sp³-hybridized carbons (Fsp3) is 0.235. The highest BCUT2D eigenvalue weighted by molar-refractivity contribution is 9.10. The second-order valence-corrected chi connectivity index (χ2v) is 5.74. The summed E-state index contributed by atoms with van der Waals surface area (Å²) in [6.45, 7) is 3.14. The molecule has 3 nitrogen and oxygen atoms in total. The molecular formula is C17H19BrN2O. The van der Waals surface area contributed by atoms with E-state index < -0.39 is 0 Å². The Hall–Kier alpha value is -1.81. The van der Waals surface area contributed by atoms with Crippen molar-refractivity contribution in [2.45, 2.75) is 19.8 Å². The molecule has 0 saturated heterocycles. The number of hydrogen-bond donors (Lipinski definition) is 2. The van der Waals surface area contributed by atoms with Gasteiger partial charge in [0.1, 0.15) is 0 Å². The number of nitrogens with one attached hydrogen (secondary N) is 2. The largest absolute Gasteiger partial charge is 0.385 e. The first-order valence-electron chi connectivity index (χ1n) is 7.10. The Kier molecular flexibility index (Phi) is 5.81. The summed E-state index contributed by atoms with van der Waals surface area (Å²) in [6.07, 6.45) is 2.33. The van der Waals surface area contributed by atoms with Crippen LogP contribution in [0.3, 0.4) is 0 Å². The summed E-state index contributed by atoms with van der Waals surface area (Å²) in [5.41, 5.74) is 2.50. The molecule has 0 aliphatic carbocycles. The third-order valence-corrected chi connectivity index (χ3v) is 3.58. The topological polar surface area (TPSA) is 41.1 Å². The molecule has 0 aromatic heterocycles. The van der Waals surface area contributed by atoms with Crippen LogP contribution in [0.2, 0.25) is 0 Å². The average molecular weight is 347 g/mol. The van der Waals surface area contributed by atoms with Gasteiger partial charge in [0, 0.05) is 28.0 Å². The third-order valence-electron chi connectivity index (χ3n) is 3.09. The summed E-state index contributed by atoms with van der Waals surface area (Å²) in [5, 5.41) is 6.24. The summed E-state index contributed by atoms with van der Waals surface area (Å²) in [7, 11) is 0. The monoisotopic (exact) mass is 346 g/mol. The maximum Gasteiger partial charge on any atom is 0.255 e. The molecule has 0 radical (unpaired) electrons. The quantitative estimate of drug-likeness (QED) is 0.729. The van der Waals surface area contributed by atoms with Crippen molar-refractivity contribution in [1.82, 2.24) is 0 Å². The molecule has 0 unspecified atom stereocenters. The Labute approximate surface area is 133 Å². The first kappa shape index (κ1) is 15.6. The predicted molar refractivity (Wildman–Crippen MR) is 91.9 cm³/mol. The van der Waals surface area contributed by atoms with Gasteiger partial charge >= 0.3 is 0 Å². The fourth-order valence-corrected chi connectivity index (χ4v) is 2.31. The van der Waals surface area contributed by atoms with E-state index in [-0.39, 0.29) is 5.91 Å². The molecule has 0 saturated carbocycles. The SMILES string of the molecule is CCCCNc1ccc(NC(=O)c2cccc(Br)c2)cc1. The molecule has 2 N–H and O–H groups in total. The van der Waals surface area contributed by atoms with Crippen LogP contribution in [0.15, 0.2) is 53.0 Å². The van der Waals surface area contributed by atoms with E-state index in [1.807, 2.05) is 36.4 Å². The van der Waals surface area contributed by atoms with E-state index in [1.165, 1.54) is 6.42 Å². The normalized spacial score (nSPS) is 10.2. The van der Waals surface area contributed by atoms with E-state index in [2.05, 4.69) is 33.5 Å². The van der Waals surface area contributed by atoms with Gasteiger partial charge in [0.15, 0.2) is 0 Å². The van der Waals surface area contributed by atoms with Crippen molar-refractivity contribution in [3.63, 3.8) is 0 Å². The van der Waals surface area contributed by atoms with Crippen LogP contribution in [0.4, 0.5) is 11.4 Å². The van der Waals surface area contributed by atoms with Crippen LogP contribution < -0.4 is 10.6 Å². The Morgan fingerprint density at radius 1 is 1.10 bits per heavy atom. The molecule has 0 bridgehead atoms. The van der Waals surface area contributed by atoms with Gasteiger partial charge in [0.25, 0.3) is 5.91 Å². The highest BCUT2D eigenvalue weighted by atomic mass is 79.9. The van der Waals surface area contributed by atoms with Crippen LogP contribution >= 0.6 is 15.9 Å². The van der Waals surface area contributed by atoms with Gasteiger partial charge in [-0.2, -0.15) is 0 Å². The minimum Gasteiger partial charge on any atom is -0.385 e. The molecule has 0 fully saturated rings. The number of hydrogen-bond acceptors (Lipinski definition) is 2. The van der Waals surface area contributed by atoms with Crippen molar-refractivity contribution >= 4 is 33.2 Å². The summed E-state index contributed by atoms with van der Waals surface area (Å²) in [6, 6.07) is 15.1. The maximum atomic E-state index is 12.1. The van der Waals surface area contributed by atoms with E-state index in [0.717, 1.165) is 28.8 Å². The summed E-state index contributed by atoms with van der Waals surface area (Å²) >= 11 is 3.37. The lowest BCUT2D eigenvalue weighted by Crippen LogP contribution is -2.11. The average Bonchev–Trinajstić information content (AvgIpc) is 2.49. The number of amides is 1. The molecule has 2 aromatic rings. The lowest BCUT2D eigenvalue weighted by molar-refractivity contribution is 0.102. The van der Waals surface area contributed by atoms with Gasteiger partial charge in [-0.15, -0.1) is 0 Å². The van der Waals surface area contributed by atoms with Crippen molar-refractivity contribution in [3.05, 3.63) is 58.6 Å². The first-order valence-corrected chi connectivity index (χ1v) is 7.89. The van der Waals surface area contributed by atoms with E-state index in [9.17, 15) is 4.79 Å². The van der Waals surface area contributed by atoms with Gasteiger partial charge in [-0.25, -0.2) is 0 Å². The van der Waals surface area contributed by atoms with Crippen molar-refractivity contribution in [2.24, 2.45) is 0 Å². The number of carbonyl (C=O) groups excluding carboxylic acids is 1. The maximum absolute atomic E-state index is 12.1. The molecule has 0 aliphatic rings. The van der Waals surface area contributed by atoms with E-state index in [4.69, 9.17) is 0 Å². The van der Waals surface area contributed by atoms with Crippen molar-refractivity contribution < 1.29 is 4.79 Å². The van der Waals surface area contributed by atoms with E-state index >= 15 is 0 Å². The summed E-state index contributed by atoms with van der Waals surface area (Å²) < 4.78 is 0.894. The van der Waals surface area contributed by atoms with Crippen LogP contribution in [0.25, 0.3) is 0 Å². The first-order chi connectivity index (χ1) is 10.2. The molecule has 0 heterocycles. The zero-order chi connectivity index (χ0) is 15.1. The van der Waals surface area contributed by atoms with Crippen LogP contribution in [0.5, 0.6) is 0 Å². The molecular weight excluding hydrogens is 328 g/mol. The number of rotatable bonds is 6. The molecule has 4 heteroatoms. The van der Waals surface area contributed by atoms with Gasteiger partial charge in [-0.3, -0.25) is 4.79 Å². The smallest absolute Gasteiger partial charge is 0.255 e. The van der Waals surface area contributed by atoms with E-state index in [1.54, 1.807) is 12.1 Å². The van der Waals surface area contributed by atoms with Crippen molar-refractivity contribution in [1.29, 1.82) is 0 Å². The van der Waals surface area contributed by atoms with Crippen LogP contribution in [0.1, 0.15) is 30.1 Å². The van der Waals surface area contributed by atoms with Gasteiger partial charge < -0.3 is 10.6 Å². The van der Waals surface area contributed by atoms with Gasteiger partial charge in [-0.05, 0) is 48.9 Å².